The first-order valence-corrected chi connectivity index (χ1v) is 6.51. The van der Waals surface area contributed by atoms with E-state index >= 15 is 0 Å². The number of aliphatic hydroxyl groups is 1. The van der Waals surface area contributed by atoms with Gasteiger partial charge in [0.15, 0.2) is 0 Å². The first kappa shape index (κ1) is 12.8. The van der Waals surface area contributed by atoms with Crippen LogP contribution < -0.4 is 0 Å². The van der Waals surface area contributed by atoms with E-state index in [4.69, 9.17) is 0 Å². The van der Waals surface area contributed by atoms with E-state index < -0.39 is 5.60 Å². The zero-order chi connectivity index (χ0) is 11.3. The SMILES string of the molecule is CCC(C)C(C)(O)C1=CCCCCCC1. The van der Waals surface area contributed by atoms with Crippen LogP contribution >= 0.6 is 0 Å². The van der Waals surface area contributed by atoms with Crippen LogP contribution in [0.5, 0.6) is 0 Å². The van der Waals surface area contributed by atoms with Gasteiger partial charge in [0.05, 0.1) is 5.60 Å². The zero-order valence-electron chi connectivity index (χ0n) is 10.6. The van der Waals surface area contributed by atoms with Crippen LogP contribution in [0.15, 0.2) is 11.6 Å². The monoisotopic (exact) mass is 210 g/mol. The van der Waals surface area contributed by atoms with E-state index in [-0.39, 0.29) is 0 Å². The second-order valence-electron chi connectivity index (χ2n) is 5.14. The summed E-state index contributed by atoms with van der Waals surface area (Å²) in [6.07, 6.45) is 10.8. The predicted octanol–water partition coefficient (Wildman–Crippen LogP) is 4.06. The third kappa shape index (κ3) is 3.34. The number of rotatable bonds is 3. The van der Waals surface area contributed by atoms with E-state index in [9.17, 15) is 5.11 Å². The van der Waals surface area contributed by atoms with Crippen LogP contribution in [0.2, 0.25) is 0 Å². The largest absolute Gasteiger partial charge is 0.386 e. The molecule has 0 fully saturated rings. The van der Waals surface area contributed by atoms with E-state index in [1.807, 2.05) is 6.92 Å². The molecule has 1 aliphatic rings. The van der Waals surface area contributed by atoms with E-state index in [1.165, 1.54) is 31.3 Å². The van der Waals surface area contributed by atoms with Crippen LogP contribution in [0.1, 0.15) is 65.7 Å². The van der Waals surface area contributed by atoms with Gasteiger partial charge in [-0.15, -0.1) is 0 Å². The van der Waals surface area contributed by atoms with Gasteiger partial charge in [0.1, 0.15) is 0 Å². The summed E-state index contributed by atoms with van der Waals surface area (Å²) in [7, 11) is 0. The summed E-state index contributed by atoms with van der Waals surface area (Å²) in [6.45, 7) is 6.30. The third-order valence-corrected chi connectivity index (χ3v) is 4.01. The molecule has 0 aromatic rings. The summed E-state index contributed by atoms with van der Waals surface area (Å²) in [6, 6.07) is 0. The zero-order valence-corrected chi connectivity index (χ0v) is 10.6. The van der Waals surface area contributed by atoms with E-state index in [2.05, 4.69) is 19.9 Å². The molecule has 0 bridgehead atoms. The summed E-state index contributed by atoms with van der Waals surface area (Å²) in [5, 5.41) is 10.6. The van der Waals surface area contributed by atoms with Crippen molar-refractivity contribution in [2.24, 2.45) is 5.92 Å². The molecule has 1 heteroatoms. The van der Waals surface area contributed by atoms with Gasteiger partial charge < -0.3 is 5.11 Å². The first-order valence-electron chi connectivity index (χ1n) is 6.51. The molecule has 0 saturated heterocycles. The summed E-state index contributed by atoms with van der Waals surface area (Å²) in [5.74, 6) is 0.364. The number of allylic oxidation sites excluding steroid dienone is 1. The highest BCUT2D eigenvalue weighted by molar-refractivity contribution is 5.17. The summed E-state index contributed by atoms with van der Waals surface area (Å²) in [5.41, 5.74) is 0.711. The van der Waals surface area contributed by atoms with E-state index in [1.54, 1.807) is 0 Å². The van der Waals surface area contributed by atoms with Gasteiger partial charge in [-0.2, -0.15) is 0 Å². The highest BCUT2D eigenvalue weighted by Crippen LogP contribution is 2.33. The van der Waals surface area contributed by atoms with Gasteiger partial charge in [0, 0.05) is 0 Å². The average Bonchev–Trinajstić information content (AvgIpc) is 2.15. The van der Waals surface area contributed by atoms with Crippen LogP contribution in [0.3, 0.4) is 0 Å². The molecule has 15 heavy (non-hydrogen) atoms. The molecule has 88 valence electrons. The Balaban J connectivity index is 2.73. The summed E-state index contributed by atoms with van der Waals surface area (Å²) < 4.78 is 0. The number of hydrogen-bond acceptors (Lipinski definition) is 1. The van der Waals surface area contributed by atoms with E-state index in [0.29, 0.717) is 5.92 Å². The van der Waals surface area contributed by atoms with Crippen molar-refractivity contribution in [1.82, 2.24) is 0 Å². The lowest BCUT2D eigenvalue weighted by Gasteiger charge is -2.33. The fraction of sp³-hybridized carbons (Fsp3) is 0.857. The van der Waals surface area contributed by atoms with Gasteiger partial charge in [0.2, 0.25) is 0 Å². The second-order valence-corrected chi connectivity index (χ2v) is 5.14. The molecule has 0 aliphatic heterocycles. The van der Waals surface area contributed by atoms with Crippen molar-refractivity contribution in [3.05, 3.63) is 11.6 Å². The van der Waals surface area contributed by atoms with Crippen molar-refractivity contribution in [2.75, 3.05) is 0 Å². The predicted molar refractivity (Wildman–Crippen MR) is 65.9 cm³/mol. The normalized spacial score (nSPS) is 24.7. The molecule has 0 heterocycles. The quantitative estimate of drug-likeness (QED) is 0.696. The fourth-order valence-corrected chi connectivity index (χ4v) is 2.37. The molecular formula is C14H26O. The lowest BCUT2D eigenvalue weighted by atomic mass is 9.79. The van der Waals surface area contributed by atoms with Gasteiger partial charge in [-0.1, -0.05) is 39.2 Å². The highest BCUT2D eigenvalue weighted by Gasteiger charge is 2.30. The van der Waals surface area contributed by atoms with Crippen molar-refractivity contribution in [1.29, 1.82) is 0 Å². The van der Waals surface area contributed by atoms with Gasteiger partial charge in [0.25, 0.3) is 0 Å². The van der Waals surface area contributed by atoms with Crippen LogP contribution in [0, 0.1) is 5.92 Å². The Morgan fingerprint density at radius 3 is 2.67 bits per heavy atom. The lowest BCUT2D eigenvalue weighted by molar-refractivity contribution is 0.0366. The third-order valence-electron chi connectivity index (χ3n) is 4.01. The molecule has 2 atom stereocenters. The Morgan fingerprint density at radius 1 is 1.33 bits per heavy atom. The fourth-order valence-electron chi connectivity index (χ4n) is 2.37. The van der Waals surface area contributed by atoms with Crippen LogP contribution in [0.25, 0.3) is 0 Å². The summed E-state index contributed by atoms with van der Waals surface area (Å²) in [4.78, 5) is 0. The van der Waals surface area contributed by atoms with Crippen molar-refractivity contribution < 1.29 is 5.11 Å². The van der Waals surface area contributed by atoms with Crippen molar-refractivity contribution in [2.45, 2.75) is 71.3 Å². The molecule has 1 aliphatic carbocycles. The van der Waals surface area contributed by atoms with Gasteiger partial charge in [-0.3, -0.25) is 0 Å². The Kier molecular flexibility index (Phi) is 4.85. The second kappa shape index (κ2) is 5.69. The maximum absolute atomic E-state index is 10.6. The Labute approximate surface area is 94.6 Å². The van der Waals surface area contributed by atoms with Gasteiger partial charge in [-0.25, -0.2) is 0 Å². The minimum atomic E-state index is -0.577. The minimum absolute atomic E-state index is 0.364. The molecule has 1 N–H and O–H groups in total. The average molecular weight is 210 g/mol. The smallest absolute Gasteiger partial charge is 0.0854 e. The van der Waals surface area contributed by atoms with Gasteiger partial charge in [-0.05, 0) is 44.1 Å². The molecule has 1 rings (SSSR count). The van der Waals surface area contributed by atoms with Crippen molar-refractivity contribution in [3.63, 3.8) is 0 Å². The molecule has 1 nitrogen and oxygen atoms in total. The molecule has 0 aromatic heterocycles. The first-order chi connectivity index (χ1) is 7.09. The topological polar surface area (TPSA) is 20.2 Å². The van der Waals surface area contributed by atoms with Crippen molar-refractivity contribution in [3.8, 4) is 0 Å². The molecule has 0 aromatic carbocycles. The molecule has 0 spiro atoms. The van der Waals surface area contributed by atoms with Crippen LogP contribution in [-0.4, -0.2) is 10.7 Å². The highest BCUT2D eigenvalue weighted by atomic mass is 16.3. The van der Waals surface area contributed by atoms with Crippen LogP contribution in [0.4, 0.5) is 0 Å². The maximum Gasteiger partial charge on any atom is 0.0854 e. The Bertz CT molecular complexity index is 215. The van der Waals surface area contributed by atoms with E-state index in [0.717, 1.165) is 19.3 Å². The lowest BCUT2D eigenvalue weighted by Crippen LogP contribution is -2.35. The van der Waals surface area contributed by atoms with Gasteiger partial charge >= 0.3 is 0 Å². The minimum Gasteiger partial charge on any atom is -0.386 e. The Hall–Kier alpha value is -0.300. The van der Waals surface area contributed by atoms with Crippen molar-refractivity contribution >= 4 is 0 Å². The molecule has 0 saturated carbocycles. The molecule has 2 unspecified atom stereocenters. The molecule has 0 radical (unpaired) electrons. The number of hydrogen-bond donors (Lipinski definition) is 1. The van der Waals surface area contributed by atoms with Crippen LogP contribution in [-0.2, 0) is 0 Å². The molecule has 0 amide bonds. The molecular weight excluding hydrogens is 184 g/mol. The summed E-state index contributed by atoms with van der Waals surface area (Å²) >= 11 is 0. The maximum atomic E-state index is 10.6. The Morgan fingerprint density at radius 2 is 2.00 bits per heavy atom. The standard InChI is InChI=1S/C14H26O/c1-4-12(2)14(3,15)13-10-8-6-5-7-9-11-13/h10,12,15H,4-9,11H2,1-3H3.